The molecule has 0 rings (SSSR count). The minimum atomic E-state index is -4.99. The number of carbonyl (C=O) groups is 4. The largest absolute Gasteiger partial charge is 0.472 e. The van der Waals surface area contributed by atoms with Crippen LogP contribution in [-0.2, 0) is 65.4 Å². The van der Waals surface area contributed by atoms with Crippen molar-refractivity contribution in [2.75, 3.05) is 39.6 Å². The number of phosphoric ester groups is 2. The Morgan fingerprint density at radius 2 is 0.582 bits per heavy atom. The predicted octanol–water partition coefficient (Wildman–Crippen LogP) is 21.6. The third-order valence-corrected chi connectivity index (χ3v) is 17.4. The highest BCUT2D eigenvalue weighted by atomic mass is 31.2. The molecule has 0 aliphatic heterocycles. The summed E-state index contributed by atoms with van der Waals surface area (Å²) in [5.74, 6) is -2.35. The molecule has 0 aromatic carbocycles. The molecule has 0 saturated heterocycles. The van der Waals surface area contributed by atoms with Gasteiger partial charge in [0.25, 0.3) is 0 Å². The molecule has 0 aliphatic carbocycles. The van der Waals surface area contributed by atoms with Crippen molar-refractivity contribution in [2.24, 2.45) is 0 Å². The van der Waals surface area contributed by atoms with E-state index in [1.165, 1.54) is 77.0 Å². The van der Waals surface area contributed by atoms with Gasteiger partial charge in [-0.2, -0.15) is 0 Å². The van der Waals surface area contributed by atoms with Crippen molar-refractivity contribution in [2.45, 2.75) is 316 Å². The maximum absolute atomic E-state index is 13.1. The van der Waals surface area contributed by atoms with Crippen LogP contribution in [0.5, 0.6) is 0 Å². The first-order valence-corrected chi connectivity index (χ1v) is 40.8. The molecule has 562 valence electrons. The quantitative estimate of drug-likeness (QED) is 0.0169. The van der Waals surface area contributed by atoms with E-state index in [0.717, 1.165) is 141 Å². The Kier molecular flexibility index (Phi) is 67.6. The molecule has 17 nitrogen and oxygen atoms in total. The number of aliphatic hydroxyl groups excluding tert-OH is 1. The van der Waals surface area contributed by atoms with Gasteiger partial charge >= 0.3 is 39.5 Å². The first kappa shape index (κ1) is 93.5. The molecule has 19 heteroatoms. The third-order valence-electron chi connectivity index (χ3n) is 15.5. The van der Waals surface area contributed by atoms with Crippen LogP contribution in [0.4, 0.5) is 0 Å². The molecular formula is C79H134O17P2. The molecular weight excluding hydrogens is 1280 g/mol. The van der Waals surface area contributed by atoms with Crippen LogP contribution in [-0.4, -0.2) is 96.7 Å². The molecule has 0 saturated carbocycles. The van der Waals surface area contributed by atoms with Gasteiger partial charge in [-0.3, -0.25) is 37.3 Å². The Morgan fingerprint density at radius 3 is 0.949 bits per heavy atom. The van der Waals surface area contributed by atoms with Crippen LogP contribution < -0.4 is 0 Å². The summed E-state index contributed by atoms with van der Waals surface area (Å²) >= 11 is 0. The van der Waals surface area contributed by atoms with E-state index in [-0.39, 0.29) is 25.7 Å². The Labute approximate surface area is 593 Å². The van der Waals surface area contributed by atoms with Gasteiger partial charge in [-0.25, -0.2) is 9.13 Å². The summed E-state index contributed by atoms with van der Waals surface area (Å²) in [4.78, 5) is 72.7. The average Bonchev–Trinajstić information content (AvgIpc) is 0.982. The summed E-state index contributed by atoms with van der Waals surface area (Å²) in [7, 11) is -9.98. The van der Waals surface area contributed by atoms with Crippen molar-refractivity contribution in [3.8, 4) is 0 Å². The lowest BCUT2D eigenvalue weighted by Crippen LogP contribution is -2.30. The zero-order valence-electron chi connectivity index (χ0n) is 61.2. The monoisotopic (exact) mass is 1420 g/mol. The van der Waals surface area contributed by atoms with E-state index in [4.69, 9.17) is 37.0 Å². The highest BCUT2D eigenvalue weighted by molar-refractivity contribution is 7.47. The fraction of sp³-hybridized carbons (Fsp3) is 0.696. The first-order valence-electron chi connectivity index (χ1n) is 37.8. The van der Waals surface area contributed by atoms with Crippen molar-refractivity contribution in [3.63, 3.8) is 0 Å². The van der Waals surface area contributed by atoms with Crippen molar-refractivity contribution < 1.29 is 80.2 Å². The predicted molar refractivity (Wildman–Crippen MR) is 399 cm³/mol. The van der Waals surface area contributed by atoms with Gasteiger partial charge in [0.2, 0.25) is 0 Å². The SMILES string of the molecule is CC/C=C\C/C=C\C/C=C\C/C=C\C/C=C\CC(=O)OCC(COP(=O)(O)OCC(O)COP(=O)(O)OCC(COC(=O)CCCCCC/C=C\C/C=C\C/C=C\C/C=C\CC)OC(=O)CCCCCCC/C=C\CCCC)OC(=O)CCCCCCCCCCCCCCCCC. The Hall–Kier alpha value is -4.54. The Bertz CT molecular complexity index is 2340. The second-order valence-corrected chi connectivity index (χ2v) is 27.8. The van der Waals surface area contributed by atoms with E-state index in [9.17, 15) is 43.2 Å². The van der Waals surface area contributed by atoms with Gasteiger partial charge < -0.3 is 33.8 Å². The number of aliphatic hydroxyl groups is 1. The topological polar surface area (TPSA) is 237 Å². The molecule has 0 heterocycles. The van der Waals surface area contributed by atoms with E-state index in [0.29, 0.717) is 25.7 Å². The van der Waals surface area contributed by atoms with Crippen molar-refractivity contribution in [1.29, 1.82) is 0 Å². The minimum absolute atomic E-state index is 0.0707. The molecule has 0 amide bonds. The summed E-state index contributed by atoms with van der Waals surface area (Å²) in [5, 5.41) is 10.6. The summed E-state index contributed by atoms with van der Waals surface area (Å²) in [6, 6.07) is 0. The molecule has 0 radical (unpaired) electrons. The summed E-state index contributed by atoms with van der Waals surface area (Å²) in [5.41, 5.74) is 0. The summed E-state index contributed by atoms with van der Waals surface area (Å²) in [6.07, 6.45) is 76.6. The van der Waals surface area contributed by atoms with Crippen LogP contribution in [0.2, 0.25) is 0 Å². The maximum Gasteiger partial charge on any atom is 0.472 e. The van der Waals surface area contributed by atoms with Crippen LogP contribution in [0, 0.1) is 0 Å². The van der Waals surface area contributed by atoms with E-state index < -0.39 is 97.5 Å². The van der Waals surface area contributed by atoms with Crippen molar-refractivity contribution >= 4 is 39.5 Å². The second kappa shape index (κ2) is 70.9. The van der Waals surface area contributed by atoms with Crippen LogP contribution in [0.15, 0.2) is 122 Å². The van der Waals surface area contributed by atoms with Gasteiger partial charge in [0.15, 0.2) is 12.2 Å². The number of rotatable bonds is 70. The number of hydrogen-bond donors (Lipinski definition) is 3. The molecule has 0 spiro atoms. The number of allylic oxidation sites excluding steroid dienone is 19. The lowest BCUT2D eigenvalue weighted by atomic mass is 10.0. The first-order chi connectivity index (χ1) is 47.7. The van der Waals surface area contributed by atoms with E-state index in [1.807, 2.05) is 18.2 Å². The van der Waals surface area contributed by atoms with E-state index in [2.05, 4.69) is 125 Å². The molecule has 0 fully saturated rings. The minimum Gasteiger partial charge on any atom is -0.462 e. The fourth-order valence-electron chi connectivity index (χ4n) is 9.74. The molecule has 0 bridgehead atoms. The van der Waals surface area contributed by atoms with Gasteiger partial charge in [-0.15, -0.1) is 0 Å². The molecule has 3 N–H and O–H groups in total. The maximum atomic E-state index is 13.1. The van der Waals surface area contributed by atoms with Crippen molar-refractivity contribution in [3.05, 3.63) is 122 Å². The van der Waals surface area contributed by atoms with Gasteiger partial charge in [0.1, 0.15) is 19.3 Å². The summed E-state index contributed by atoms with van der Waals surface area (Å²) in [6.45, 7) is 4.46. The van der Waals surface area contributed by atoms with Crippen LogP contribution in [0.3, 0.4) is 0 Å². The number of ether oxygens (including phenoxy) is 4. The van der Waals surface area contributed by atoms with Crippen LogP contribution >= 0.6 is 15.6 Å². The number of carbonyl (C=O) groups excluding carboxylic acids is 4. The van der Waals surface area contributed by atoms with Crippen LogP contribution in [0.25, 0.3) is 0 Å². The summed E-state index contributed by atoms with van der Waals surface area (Å²) < 4.78 is 68.3. The smallest absolute Gasteiger partial charge is 0.462 e. The number of phosphoric acid groups is 2. The highest BCUT2D eigenvalue weighted by Gasteiger charge is 2.30. The molecule has 5 atom stereocenters. The van der Waals surface area contributed by atoms with Gasteiger partial charge in [-0.1, -0.05) is 284 Å². The lowest BCUT2D eigenvalue weighted by Gasteiger charge is -2.21. The second-order valence-electron chi connectivity index (χ2n) is 24.8. The Morgan fingerprint density at radius 1 is 0.306 bits per heavy atom. The molecule has 5 unspecified atom stereocenters. The lowest BCUT2D eigenvalue weighted by molar-refractivity contribution is -0.161. The van der Waals surface area contributed by atoms with Crippen molar-refractivity contribution in [1.82, 2.24) is 0 Å². The van der Waals surface area contributed by atoms with Gasteiger partial charge in [0, 0.05) is 19.3 Å². The normalized spacial score (nSPS) is 14.6. The molecule has 0 aromatic rings. The molecule has 0 aliphatic rings. The number of esters is 4. The van der Waals surface area contributed by atoms with Gasteiger partial charge in [-0.05, 0) is 109 Å². The fourth-order valence-corrected chi connectivity index (χ4v) is 11.3. The average molecular weight is 1420 g/mol. The highest BCUT2D eigenvalue weighted by Crippen LogP contribution is 2.45. The van der Waals surface area contributed by atoms with E-state index in [1.54, 1.807) is 6.08 Å². The van der Waals surface area contributed by atoms with Gasteiger partial charge in [0.05, 0.1) is 32.8 Å². The third kappa shape index (κ3) is 69.9. The standard InChI is InChI=1S/C79H134O17P2/c1-5-9-13-17-21-25-29-32-35-36-39-41-45-48-52-56-60-64-77(82)89-69-74(95-78(83)65-61-57-53-49-43-28-24-20-16-12-8-4)71-93-97(85,86)91-67-73(80)68-92-98(87,88)94-72-75(96-79(84)66-62-58-54-50-46-42-38-34-31-27-23-19-15-11-7-3)70-90-76(81)63-59-55-51-47-44-40-37-33-30-26-22-18-14-10-6-2/h9-10,13-14,20-22,24-26,32-33,35,37,39,41,44,47,55,59,73-75,80H,5-8,11-12,15-19,23,27-31,34,36,38,40,42-43,45-46,48-54,56-58,60-72H2,1-4H3,(H,85,86)(H,87,88)/b13-9-,14-10-,24-20-,25-21-,26-22-,35-32-,37-33-,41-39-,47-44-,59-55-. The molecule has 0 aromatic heterocycles. The van der Waals surface area contributed by atoms with Crippen LogP contribution in [0.1, 0.15) is 297 Å². The van der Waals surface area contributed by atoms with E-state index >= 15 is 0 Å². The zero-order chi connectivity index (χ0) is 71.8. The number of hydrogen-bond acceptors (Lipinski definition) is 15. The molecule has 98 heavy (non-hydrogen) atoms. The Balaban J connectivity index is 5.40. The number of unbranched alkanes of at least 4 members (excludes halogenated alkanes) is 25. The zero-order valence-corrected chi connectivity index (χ0v) is 63.0.